The van der Waals surface area contributed by atoms with E-state index in [-0.39, 0.29) is 17.6 Å². The van der Waals surface area contributed by atoms with Gasteiger partial charge in [-0.2, -0.15) is 5.10 Å². The van der Waals surface area contributed by atoms with Gasteiger partial charge in [0.2, 0.25) is 5.91 Å². The van der Waals surface area contributed by atoms with Crippen LogP contribution in [0.3, 0.4) is 0 Å². The van der Waals surface area contributed by atoms with Crippen molar-refractivity contribution in [3.63, 3.8) is 0 Å². The molecular weight excluding hydrogens is 332 g/mol. The lowest BCUT2D eigenvalue weighted by Gasteiger charge is -2.36. The summed E-state index contributed by atoms with van der Waals surface area (Å²) in [5, 5.41) is 16.3. The van der Waals surface area contributed by atoms with Crippen molar-refractivity contribution in [1.82, 2.24) is 20.0 Å². The van der Waals surface area contributed by atoms with Gasteiger partial charge in [-0.05, 0) is 36.5 Å². The number of carbonyl (C=O) groups excluding carboxylic acids is 1. The molecule has 0 spiro atoms. The summed E-state index contributed by atoms with van der Waals surface area (Å²) in [4.78, 5) is 26.1. The second-order valence-corrected chi connectivity index (χ2v) is 7.13. The fraction of sp³-hybridized carbons (Fsp3) is 0.421. The molecule has 0 unspecified atom stereocenters. The van der Waals surface area contributed by atoms with Crippen LogP contribution in [0.2, 0.25) is 0 Å². The van der Waals surface area contributed by atoms with Gasteiger partial charge >= 0.3 is 5.97 Å². The van der Waals surface area contributed by atoms with Crippen LogP contribution >= 0.6 is 0 Å². The highest BCUT2D eigenvalue weighted by Crippen LogP contribution is 2.26. The number of aromatic carboxylic acids is 1. The van der Waals surface area contributed by atoms with Gasteiger partial charge in [-0.3, -0.25) is 14.4 Å². The number of amides is 1. The van der Waals surface area contributed by atoms with Gasteiger partial charge < -0.3 is 10.4 Å². The SMILES string of the molecule is Cn1nc(C(=O)O)cc1CN1Cc2ccccc2C[C@H]1C(=O)NC1CC1. The van der Waals surface area contributed by atoms with Crippen molar-refractivity contribution in [2.24, 2.45) is 7.05 Å². The van der Waals surface area contributed by atoms with E-state index in [9.17, 15) is 9.59 Å². The molecule has 0 radical (unpaired) electrons. The van der Waals surface area contributed by atoms with E-state index in [1.54, 1.807) is 17.8 Å². The lowest BCUT2D eigenvalue weighted by Crippen LogP contribution is -2.50. The number of carbonyl (C=O) groups is 2. The molecule has 1 saturated carbocycles. The number of carboxylic acid groups (broad SMARTS) is 1. The zero-order valence-corrected chi connectivity index (χ0v) is 14.7. The Balaban J connectivity index is 1.60. The molecule has 26 heavy (non-hydrogen) atoms. The third-order valence-electron chi connectivity index (χ3n) is 5.13. The highest BCUT2D eigenvalue weighted by atomic mass is 16.4. The molecule has 4 rings (SSSR count). The summed E-state index contributed by atoms with van der Waals surface area (Å²) in [5.74, 6) is -0.985. The maximum Gasteiger partial charge on any atom is 0.356 e. The third-order valence-corrected chi connectivity index (χ3v) is 5.13. The van der Waals surface area contributed by atoms with E-state index in [1.807, 2.05) is 12.1 Å². The Bertz CT molecular complexity index is 856. The molecule has 0 bridgehead atoms. The van der Waals surface area contributed by atoms with Gasteiger partial charge in [0.05, 0.1) is 11.7 Å². The summed E-state index contributed by atoms with van der Waals surface area (Å²) in [5.41, 5.74) is 3.23. The number of carboxylic acids is 1. The Morgan fingerprint density at radius 1 is 1.27 bits per heavy atom. The van der Waals surface area contributed by atoms with Gasteiger partial charge in [0.15, 0.2) is 5.69 Å². The van der Waals surface area contributed by atoms with E-state index in [1.165, 1.54) is 11.1 Å². The molecular formula is C19H22N4O3. The Morgan fingerprint density at radius 2 is 2.00 bits per heavy atom. The fourth-order valence-corrected chi connectivity index (χ4v) is 3.49. The smallest absolute Gasteiger partial charge is 0.356 e. The molecule has 1 aromatic heterocycles. The van der Waals surface area contributed by atoms with E-state index in [0.717, 1.165) is 18.5 Å². The molecule has 1 fully saturated rings. The van der Waals surface area contributed by atoms with Gasteiger partial charge in [-0.25, -0.2) is 4.79 Å². The zero-order valence-electron chi connectivity index (χ0n) is 14.7. The van der Waals surface area contributed by atoms with E-state index in [2.05, 4.69) is 27.4 Å². The molecule has 1 amide bonds. The van der Waals surface area contributed by atoms with Crippen LogP contribution in [0.5, 0.6) is 0 Å². The van der Waals surface area contributed by atoms with Gasteiger partial charge in [-0.15, -0.1) is 0 Å². The van der Waals surface area contributed by atoms with Crippen molar-refractivity contribution in [3.8, 4) is 0 Å². The maximum absolute atomic E-state index is 12.8. The van der Waals surface area contributed by atoms with Crippen LogP contribution in [0.4, 0.5) is 0 Å². The number of fused-ring (bicyclic) bond motifs is 1. The number of benzene rings is 1. The third kappa shape index (κ3) is 3.35. The Hall–Kier alpha value is -2.67. The van der Waals surface area contributed by atoms with Gasteiger partial charge in [0.1, 0.15) is 0 Å². The standard InChI is InChI=1S/C19H22N4O3/c1-22-15(9-16(21-22)19(25)26)11-23-10-13-5-3-2-4-12(13)8-17(23)18(24)20-14-6-7-14/h2-5,9,14,17H,6-8,10-11H2,1H3,(H,20,24)(H,25,26)/t17-/m0/s1. The van der Waals surface area contributed by atoms with Crippen LogP contribution in [-0.2, 0) is 31.4 Å². The second-order valence-electron chi connectivity index (χ2n) is 7.13. The van der Waals surface area contributed by atoms with Crippen LogP contribution in [-0.4, -0.2) is 43.7 Å². The summed E-state index contributed by atoms with van der Waals surface area (Å²) in [6, 6.07) is 9.82. The molecule has 7 heteroatoms. The molecule has 1 aromatic carbocycles. The minimum atomic E-state index is -1.04. The molecule has 2 aliphatic rings. The monoisotopic (exact) mass is 354 g/mol. The van der Waals surface area contributed by atoms with Crippen LogP contribution in [0.15, 0.2) is 30.3 Å². The highest BCUT2D eigenvalue weighted by molar-refractivity contribution is 5.85. The molecule has 2 aromatic rings. The van der Waals surface area contributed by atoms with E-state index < -0.39 is 5.97 Å². The van der Waals surface area contributed by atoms with Crippen LogP contribution < -0.4 is 5.32 Å². The minimum absolute atomic E-state index is 0.0268. The highest BCUT2D eigenvalue weighted by Gasteiger charge is 2.34. The predicted octanol–water partition coefficient (Wildman–Crippen LogP) is 1.32. The van der Waals surface area contributed by atoms with Crippen molar-refractivity contribution < 1.29 is 14.7 Å². The number of aromatic nitrogens is 2. The molecule has 1 aliphatic heterocycles. The topological polar surface area (TPSA) is 87.5 Å². The lowest BCUT2D eigenvalue weighted by molar-refractivity contribution is -0.127. The Labute approximate surface area is 151 Å². The summed E-state index contributed by atoms with van der Waals surface area (Å²) in [6.07, 6.45) is 2.77. The average Bonchev–Trinajstić information content (AvgIpc) is 3.35. The largest absolute Gasteiger partial charge is 0.476 e. The van der Waals surface area contributed by atoms with Crippen LogP contribution in [0.1, 0.15) is 40.2 Å². The maximum atomic E-state index is 12.8. The van der Waals surface area contributed by atoms with Crippen molar-refractivity contribution in [2.45, 2.75) is 44.4 Å². The Kier molecular flexibility index (Phi) is 4.24. The van der Waals surface area contributed by atoms with E-state index in [0.29, 0.717) is 25.6 Å². The summed E-state index contributed by atoms with van der Waals surface area (Å²) >= 11 is 0. The van der Waals surface area contributed by atoms with Crippen LogP contribution in [0, 0.1) is 0 Å². The van der Waals surface area contributed by atoms with Crippen LogP contribution in [0.25, 0.3) is 0 Å². The fourth-order valence-electron chi connectivity index (χ4n) is 3.49. The normalized spacial score (nSPS) is 19.8. The summed E-state index contributed by atoms with van der Waals surface area (Å²) in [7, 11) is 1.74. The first-order chi connectivity index (χ1) is 12.5. The molecule has 136 valence electrons. The van der Waals surface area contributed by atoms with Gasteiger partial charge in [-0.1, -0.05) is 24.3 Å². The number of rotatable bonds is 5. The minimum Gasteiger partial charge on any atom is -0.476 e. The lowest BCUT2D eigenvalue weighted by atomic mass is 9.93. The summed E-state index contributed by atoms with van der Waals surface area (Å²) < 4.78 is 1.58. The first kappa shape index (κ1) is 16.8. The molecule has 2 N–H and O–H groups in total. The molecule has 1 atom stereocenters. The number of nitrogens with zero attached hydrogens (tertiary/aromatic N) is 3. The Morgan fingerprint density at radius 3 is 2.65 bits per heavy atom. The van der Waals surface area contributed by atoms with Crippen molar-refractivity contribution >= 4 is 11.9 Å². The summed E-state index contributed by atoms with van der Waals surface area (Å²) in [6.45, 7) is 1.14. The number of aryl methyl sites for hydroxylation is 1. The zero-order chi connectivity index (χ0) is 18.3. The van der Waals surface area contributed by atoms with E-state index in [4.69, 9.17) is 5.11 Å². The number of nitrogens with one attached hydrogen (secondary N) is 1. The first-order valence-corrected chi connectivity index (χ1v) is 8.88. The van der Waals surface area contributed by atoms with Gasteiger partial charge in [0, 0.05) is 26.2 Å². The van der Waals surface area contributed by atoms with Gasteiger partial charge in [0.25, 0.3) is 0 Å². The predicted molar refractivity (Wildman–Crippen MR) is 94.5 cm³/mol. The average molecular weight is 354 g/mol. The van der Waals surface area contributed by atoms with E-state index >= 15 is 0 Å². The number of hydrogen-bond acceptors (Lipinski definition) is 4. The molecule has 2 heterocycles. The first-order valence-electron chi connectivity index (χ1n) is 8.88. The molecule has 7 nitrogen and oxygen atoms in total. The second kappa shape index (κ2) is 6.57. The van der Waals surface area contributed by atoms with Crippen molar-refractivity contribution in [3.05, 3.63) is 52.8 Å². The quantitative estimate of drug-likeness (QED) is 0.846. The number of hydrogen-bond donors (Lipinski definition) is 2. The molecule has 1 aliphatic carbocycles. The van der Waals surface area contributed by atoms with Crippen molar-refractivity contribution in [2.75, 3.05) is 0 Å². The van der Waals surface area contributed by atoms with Crippen molar-refractivity contribution in [1.29, 1.82) is 0 Å². The molecule has 0 saturated heterocycles.